The molecule has 4 aromatic rings. The standard InChI is InChI=1S/C28H32ClN5O2/c1-6-36-26-15-20(10-11-22(26)19-8-7-9-21(29)14-19)28(35)34(5)25(12-13-33(3)4)24-16-30-18(2)23-17-31-32-27(23)24/h7-11,14-17,25H,6,12-13H2,1-5H3,(H,31,32)/t25-/m1/s1. The first-order valence-corrected chi connectivity index (χ1v) is 12.4. The Morgan fingerprint density at radius 2 is 1.94 bits per heavy atom. The number of aromatic nitrogens is 3. The van der Waals surface area contributed by atoms with Crippen LogP contribution in [0.25, 0.3) is 22.0 Å². The Kier molecular flexibility index (Phi) is 7.91. The van der Waals surface area contributed by atoms with Gasteiger partial charge in [-0.25, -0.2) is 0 Å². The number of fused-ring (bicyclic) bond motifs is 1. The number of carbonyl (C=O) groups is 1. The quantitative estimate of drug-likeness (QED) is 0.313. The molecular weight excluding hydrogens is 474 g/mol. The summed E-state index contributed by atoms with van der Waals surface area (Å²) in [6.07, 6.45) is 4.38. The average molecular weight is 506 g/mol. The molecule has 4 rings (SSSR count). The highest BCUT2D eigenvalue weighted by molar-refractivity contribution is 6.30. The maximum absolute atomic E-state index is 13.8. The monoisotopic (exact) mass is 505 g/mol. The van der Waals surface area contributed by atoms with Gasteiger partial charge >= 0.3 is 0 Å². The van der Waals surface area contributed by atoms with Crippen molar-refractivity contribution >= 4 is 28.4 Å². The van der Waals surface area contributed by atoms with Crippen molar-refractivity contribution in [2.24, 2.45) is 0 Å². The molecule has 0 aliphatic carbocycles. The third-order valence-corrected chi connectivity index (χ3v) is 6.61. The van der Waals surface area contributed by atoms with E-state index < -0.39 is 0 Å². The average Bonchev–Trinajstić information content (AvgIpc) is 3.36. The highest BCUT2D eigenvalue weighted by atomic mass is 35.5. The van der Waals surface area contributed by atoms with E-state index in [1.807, 2.05) is 83.7 Å². The molecule has 8 heteroatoms. The van der Waals surface area contributed by atoms with Crippen LogP contribution in [0.2, 0.25) is 5.02 Å². The minimum atomic E-state index is -0.195. The number of rotatable bonds is 9. The van der Waals surface area contributed by atoms with E-state index in [2.05, 4.69) is 20.1 Å². The lowest BCUT2D eigenvalue weighted by molar-refractivity contribution is 0.0716. The molecule has 0 unspecified atom stereocenters. The Bertz CT molecular complexity index is 1370. The highest BCUT2D eigenvalue weighted by Gasteiger charge is 2.26. The number of benzene rings is 2. The first-order valence-electron chi connectivity index (χ1n) is 12.0. The predicted octanol–water partition coefficient (Wildman–Crippen LogP) is 5.75. The third kappa shape index (κ3) is 5.37. The van der Waals surface area contributed by atoms with E-state index in [0.29, 0.717) is 22.9 Å². The number of hydrogen-bond donors (Lipinski definition) is 1. The van der Waals surface area contributed by atoms with Crippen molar-refractivity contribution in [3.63, 3.8) is 0 Å². The molecule has 1 N–H and O–H groups in total. The predicted molar refractivity (Wildman–Crippen MR) is 145 cm³/mol. The molecule has 1 atom stereocenters. The zero-order valence-electron chi connectivity index (χ0n) is 21.4. The van der Waals surface area contributed by atoms with Crippen LogP contribution in [-0.4, -0.2) is 65.2 Å². The minimum absolute atomic E-state index is 0.0920. The van der Waals surface area contributed by atoms with Gasteiger partial charge in [-0.3, -0.25) is 14.9 Å². The van der Waals surface area contributed by atoms with Crippen LogP contribution in [0.15, 0.2) is 54.9 Å². The van der Waals surface area contributed by atoms with Crippen molar-refractivity contribution < 1.29 is 9.53 Å². The van der Waals surface area contributed by atoms with Crippen LogP contribution in [0.1, 0.15) is 41.0 Å². The van der Waals surface area contributed by atoms with Gasteiger partial charge in [-0.05, 0) is 76.8 Å². The number of carbonyl (C=O) groups excluding carboxylic acids is 1. The number of amides is 1. The lowest BCUT2D eigenvalue weighted by Gasteiger charge is -2.30. The van der Waals surface area contributed by atoms with Gasteiger partial charge in [-0.1, -0.05) is 23.7 Å². The van der Waals surface area contributed by atoms with Crippen LogP contribution in [0.3, 0.4) is 0 Å². The summed E-state index contributed by atoms with van der Waals surface area (Å²) in [6, 6.07) is 13.0. The van der Waals surface area contributed by atoms with Crippen molar-refractivity contribution in [2.45, 2.75) is 26.3 Å². The van der Waals surface area contributed by atoms with Gasteiger partial charge in [-0.15, -0.1) is 0 Å². The summed E-state index contributed by atoms with van der Waals surface area (Å²) < 4.78 is 5.94. The van der Waals surface area contributed by atoms with Crippen LogP contribution >= 0.6 is 11.6 Å². The molecule has 0 spiro atoms. The third-order valence-electron chi connectivity index (χ3n) is 6.38. The van der Waals surface area contributed by atoms with E-state index in [4.69, 9.17) is 16.3 Å². The van der Waals surface area contributed by atoms with Crippen molar-refractivity contribution in [2.75, 3.05) is 34.3 Å². The largest absolute Gasteiger partial charge is 0.493 e. The molecule has 1 amide bonds. The summed E-state index contributed by atoms with van der Waals surface area (Å²) in [5.41, 5.74) is 5.16. The van der Waals surface area contributed by atoms with Gasteiger partial charge < -0.3 is 14.5 Å². The Labute approximate surface area is 217 Å². The Hall–Kier alpha value is -3.42. The molecule has 0 radical (unpaired) electrons. The molecule has 0 saturated heterocycles. The van der Waals surface area contributed by atoms with Crippen LogP contribution < -0.4 is 4.74 Å². The van der Waals surface area contributed by atoms with E-state index in [-0.39, 0.29) is 11.9 Å². The molecule has 0 aliphatic heterocycles. The van der Waals surface area contributed by atoms with Crippen LogP contribution in [-0.2, 0) is 0 Å². The molecule has 0 fully saturated rings. The van der Waals surface area contributed by atoms with Gasteiger partial charge in [0, 0.05) is 46.0 Å². The van der Waals surface area contributed by atoms with Gasteiger partial charge in [-0.2, -0.15) is 5.10 Å². The van der Waals surface area contributed by atoms with Gasteiger partial charge in [0.25, 0.3) is 5.91 Å². The summed E-state index contributed by atoms with van der Waals surface area (Å²) in [4.78, 5) is 22.3. The van der Waals surface area contributed by atoms with Gasteiger partial charge in [0.1, 0.15) is 5.75 Å². The summed E-state index contributed by atoms with van der Waals surface area (Å²) >= 11 is 6.22. The van der Waals surface area contributed by atoms with Crippen molar-refractivity contribution in [3.8, 4) is 16.9 Å². The second-order valence-electron chi connectivity index (χ2n) is 9.14. The molecule has 36 heavy (non-hydrogen) atoms. The molecule has 2 heterocycles. The lowest BCUT2D eigenvalue weighted by Crippen LogP contribution is -2.33. The topological polar surface area (TPSA) is 74.3 Å². The normalized spacial score (nSPS) is 12.2. The smallest absolute Gasteiger partial charge is 0.254 e. The van der Waals surface area contributed by atoms with Crippen molar-refractivity contribution in [1.29, 1.82) is 0 Å². The molecule has 0 aliphatic rings. The number of aryl methyl sites for hydroxylation is 1. The molecule has 0 saturated carbocycles. The number of H-pyrrole nitrogens is 1. The number of aromatic amines is 1. The minimum Gasteiger partial charge on any atom is -0.493 e. The molecule has 7 nitrogen and oxygen atoms in total. The zero-order valence-corrected chi connectivity index (χ0v) is 22.1. The van der Waals surface area contributed by atoms with Crippen molar-refractivity contribution in [1.82, 2.24) is 25.0 Å². The number of nitrogens with zero attached hydrogens (tertiary/aromatic N) is 4. The molecular formula is C28H32ClN5O2. The van der Waals surface area contributed by atoms with E-state index in [0.717, 1.165) is 46.3 Å². The SMILES string of the molecule is CCOc1cc(C(=O)N(C)[C@H](CCN(C)C)c2cnc(C)c3cn[nH]c23)ccc1-c1cccc(Cl)c1. The number of nitrogens with one attached hydrogen (secondary N) is 1. The molecule has 2 aromatic carbocycles. The summed E-state index contributed by atoms with van der Waals surface area (Å²) in [6.45, 7) is 5.19. The number of pyridine rings is 1. The Morgan fingerprint density at radius 3 is 2.67 bits per heavy atom. The van der Waals surface area contributed by atoms with E-state index in [1.165, 1.54) is 0 Å². The van der Waals surface area contributed by atoms with Crippen LogP contribution in [0.4, 0.5) is 0 Å². The fraction of sp³-hybridized carbons (Fsp3) is 0.321. The second-order valence-corrected chi connectivity index (χ2v) is 9.57. The van der Waals surface area contributed by atoms with Crippen LogP contribution in [0.5, 0.6) is 5.75 Å². The first-order chi connectivity index (χ1) is 17.3. The van der Waals surface area contributed by atoms with Gasteiger partial charge in [0.2, 0.25) is 0 Å². The van der Waals surface area contributed by atoms with E-state index >= 15 is 0 Å². The Morgan fingerprint density at radius 1 is 1.14 bits per heavy atom. The fourth-order valence-corrected chi connectivity index (χ4v) is 4.63. The summed E-state index contributed by atoms with van der Waals surface area (Å²) in [5.74, 6) is 0.558. The van der Waals surface area contributed by atoms with Crippen LogP contribution in [0, 0.1) is 6.92 Å². The number of halogens is 1. The van der Waals surface area contributed by atoms with Gasteiger partial charge in [0.15, 0.2) is 0 Å². The second kappa shape index (κ2) is 11.1. The zero-order chi connectivity index (χ0) is 25.8. The van der Waals surface area contributed by atoms with Crippen molar-refractivity contribution in [3.05, 3.63) is 76.7 Å². The lowest BCUT2D eigenvalue weighted by atomic mass is 9.99. The molecule has 2 aromatic heterocycles. The summed E-state index contributed by atoms with van der Waals surface area (Å²) in [7, 11) is 5.90. The maximum Gasteiger partial charge on any atom is 0.254 e. The number of hydrogen-bond acceptors (Lipinski definition) is 5. The Balaban J connectivity index is 1.71. The molecule has 188 valence electrons. The van der Waals surface area contributed by atoms with E-state index in [9.17, 15) is 4.79 Å². The fourth-order valence-electron chi connectivity index (χ4n) is 4.44. The summed E-state index contributed by atoms with van der Waals surface area (Å²) in [5, 5.41) is 8.96. The number of ether oxygens (including phenoxy) is 1. The molecule has 0 bridgehead atoms. The highest BCUT2D eigenvalue weighted by Crippen LogP contribution is 2.35. The first kappa shape index (κ1) is 25.7. The van der Waals surface area contributed by atoms with E-state index in [1.54, 1.807) is 11.1 Å². The van der Waals surface area contributed by atoms with Gasteiger partial charge in [0.05, 0.1) is 24.4 Å². The maximum atomic E-state index is 13.8.